The molecule has 9 nitrogen and oxygen atoms in total. The van der Waals surface area contributed by atoms with Crippen molar-refractivity contribution in [1.29, 1.82) is 0 Å². The third-order valence-electron chi connectivity index (χ3n) is 5.89. The molecule has 33 heavy (non-hydrogen) atoms. The van der Waals surface area contributed by atoms with E-state index in [0.29, 0.717) is 24.5 Å². The second-order valence-electron chi connectivity index (χ2n) is 8.58. The lowest BCUT2D eigenvalue weighted by atomic mass is 9.99. The van der Waals surface area contributed by atoms with Crippen LogP contribution < -0.4 is 11.4 Å². The van der Waals surface area contributed by atoms with Crippen LogP contribution in [-0.2, 0) is 11.3 Å². The Morgan fingerprint density at radius 3 is 2.52 bits per heavy atom. The van der Waals surface area contributed by atoms with Crippen LogP contribution in [0.1, 0.15) is 11.4 Å². The van der Waals surface area contributed by atoms with Crippen LogP contribution in [0.25, 0.3) is 28.0 Å². The van der Waals surface area contributed by atoms with Crippen LogP contribution in [0.4, 0.5) is 5.95 Å². The van der Waals surface area contributed by atoms with E-state index in [1.807, 2.05) is 63.4 Å². The molecule has 1 aliphatic heterocycles. The number of hydrogen-bond donors (Lipinski definition) is 1. The van der Waals surface area contributed by atoms with Gasteiger partial charge in [0.1, 0.15) is 0 Å². The number of nitrogens with zero attached hydrogens (tertiary/aromatic N) is 6. The summed E-state index contributed by atoms with van der Waals surface area (Å²) in [5, 5.41) is 4.74. The maximum Gasteiger partial charge on any atom is 0.353 e. The number of anilines is 1. The average Bonchev–Trinajstić information content (AvgIpc) is 3.10. The van der Waals surface area contributed by atoms with Gasteiger partial charge < -0.3 is 15.4 Å². The molecular weight excluding hydrogens is 418 g/mol. The van der Waals surface area contributed by atoms with Gasteiger partial charge in [-0.05, 0) is 38.6 Å². The number of hydrogen-bond acceptors (Lipinski definition) is 7. The van der Waals surface area contributed by atoms with Crippen molar-refractivity contribution in [3.05, 3.63) is 64.3 Å². The van der Waals surface area contributed by atoms with Gasteiger partial charge >= 0.3 is 5.69 Å². The zero-order valence-corrected chi connectivity index (χ0v) is 19.0. The highest BCUT2D eigenvalue weighted by atomic mass is 16.5. The quantitative estimate of drug-likeness (QED) is 0.513. The van der Waals surface area contributed by atoms with E-state index in [9.17, 15) is 4.79 Å². The van der Waals surface area contributed by atoms with Crippen LogP contribution in [0.15, 0.2) is 47.3 Å². The number of nitrogen functional groups attached to an aromatic ring is 1. The minimum atomic E-state index is -0.324. The molecule has 0 spiro atoms. The van der Waals surface area contributed by atoms with Crippen LogP contribution in [0.2, 0.25) is 0 Å². The molecule has 4 heterocycles. The number of nitrogens with two attached hydrogens (primary N) is 1. The van der Waals surface area contributed by atoms with Gasteiger partial charge in [0.25, 0.3) is 0 Å². The van der Waals surface area contributed by atoms with Crippen molar-refractivity contribution in [1.82, 2.24) is 29.0 Å². The van der Waals surface area contributed by atoms with E-state index in [1.54, 1.807) is 0 Å². The minimum Gasteiger partial charge on any atom is -0.374 e. The maximum atomic E-state index is 13.3. The second kappa shape index (κ2) is 8.42. The SMILES string of the molecule is Cc1cc(-c2c(-c3ccccc3)nc(N)n3c(=O)n(C[C@H]4CN(C)CCO4)nc23)cc(C)n1. The molecule has 0 bridgehead atoms. The molecule has 1 aliphatic rings. The summed E-state index contributed by atoms with van der Waals surface area (Å²) >= 11 is 0. The zero-order chi connectivity index (χ0) is 23.1. The molecule has 1 fully saturated rings. The van der Waals surface area contributed by atoms with Crippen molar-refractivity contribution >= 4 is 11.6 Å². The summed E-state index contributed by atoms with van der Waals surface area (Å²) in [5.41, 5.74) is 11.4. The van der Waals surface area contributed by atoms with E-state index in [1.165, 1.54) is 9.08 Å². The smallest absolute Gasteiger partial charge is 0.353 e. The Hall–Kier alpha value is -3.56. The fraction of sp³-hybridized carbons (Fsp3) is 0.333. The fourth-order valence-corrected chi connectivity index (χ4v) is 4.44. The van der Waals surface area contributed by atoms with E-state index in [-0.39, 0.29) is 17.7 Å². The molecular formula is C24H27N7O2. The summed E-state index contributed by atoms with van der Waals surface area (Å²) in [7, 11) is 2.04. The number of pyridine rings is 1. The number of fused-ring (bicyclic) bond motifs is 1. The molecule has 1 saturated heterocycles. The van der Waals surface area contributed by atoms with E-state index >= 15 is 0 Å². The largest absolute Gasteiger partial charge is 0.374 e. The van der Waals surface area contributed by atoms with Crippen LogP contribution in [0, 0.1) is 13.8 Å². The number of rotatable bonds is 4. The standard InChI is InChI=1S/C24H27N7O2/c1-15-11-18(12-16(2)26-15)20-21(17-7-5-4-6-8-17)27-23(25)31-22(20)28-30(24(31)32)14-19-13-29(3)9-10-33-19/h4-8,11-12,19H,9-10,13-14H2,1-3H3,(H2,25,27)/t19-/m1/s1. The molecule has 4 aromatic rings. The van der Waals surface area contributed by atoms with Crippen LogP contribution in [0.3, 0.4) is 0 Å². The van der Waals surface area contributed by atoms with Crippen molar-refractivity contribution in [2.45, 2.75) is 26.5 Å². The van der Waals surface area contributed by atoms with Gasteiger partial charge in [-0.1, -0.05) is 30.3 Å². The van der Waals surface area contributed by atoms with E-state index in [4.69, 9.17) is 15.6 Å². The normalized spacial score (nSPS) is 17.0. The molecule has 1 atom stereocenters. The lowest BCUT2D eigenvalue weighted by Gasteiger charge is -2.29. The molecule has 0 amide bonds. The van der Waals surface area contributed by atoms with Crippen molar-refractivity contribution in [3.63, 3.8) is 0 Å². The lowest BCUT2D eigenvalue weighted by Crippen LogP contribution is -2.43. The van der Waals surface area contributed by atoms with E-state index in [0.717, 1.165) is 41.2 Å². The molecule has 2 N–H and O–H groups in total. The van der Waals surface area contributed by atoms with E-state index in [2.05, 4.69) is 14.9 Å². The Labute approximate surface area is 191 Å². The number of aromatic nitrogens is 5. The Balaban J connectivity index is 1.75. The summed E-state index contributed by atoms with van der Waals surface area (Å²) in [6, 6.07) is 13.8. The number of ether oxygens (including phenoxy) is 1. The molecule has 0 saturated carbocycles. The number of morpholine rings is 1. The lowest BCUT2D eigenvalue weighted by molar-refractivity contribution is -0.0295. The average molecular weight is 446 g/mol. The number of benzene rings is 1. The minimum absolute atomic E-state index is 0.105. The second-order valence-corrected chi connectivity index (χ2v) is 8.58. The molecule has 0 aliphatic carbocycles. The van der Waals surface area contributed by atoms with Gasteiger partial charge in [0.2, 0.25) is 5.95 Å². The molecule has 5 rings (SSSR count). The molecule has 0 unspecified atom stereocenters. The Bertz CT molecular complexity index is 1360. The van der Waals surface area contributed by atoms with Gasteiger partial charge in [-0.2, -0.15) is 0 Å². The van der Waals surface area contributed by atoms with Crippen LogP contribution in [0.5, 0.6) is 0 Å². The Kier molecular flexibility index (Phi) is 5.43. The number of likely N-dealkylation sites (N-methyl/N-ethyl adjacent to an activating group) is 1. The van der Waals surface area contributed by atoms with Gasteiger partial charge in [0.15, 0.2) is 5.65 Å². The molecule has 9 heteroatoms. The summed E-state index contributed by atoms with van der Waals surface area (Å²) in [6.45, 7) is 6.48. The molecule has 1 aromatic carbocycles. The highest BCUT2D eigenvalue weighted by molar-refractivity contribution is 5.90. The zero-order valence-electron chi connectivity index (χ0n) is 19.0. The van der Waals surface area contributed by atoms with Crippen molar-refractivity contribution in [2.75, 3.05) is 32.5 Å². The monoisotopic (exact) mass is 445 g/mol. The topological polar surface area (TPSA) is 104 Å². The molecule has 0 radical (unpaired) electrons. The molecule has 3 aromatic heterocycles. The highest BCUT2D eigenvalue weighted by Crippen LogP contribution is 2.34. The van der Waals surface area contributed by atoms with Crippen molar-refractivity contribution in [3.8, 4) is 22.4 Å². The molecule has 170 valence electrons. The third kappa shape index (κ3) is 4.01. The Morgan fingerprint density at radius 1 is 1.09 bits per heavy atom. The summed E-state index contributed by atoms with van der Waals surface area (Å²) in [6.07, 6.45) is -0.122. The summed E-state index contributed by atoms with van der Waals surface area (Å²) in [5.74, 6) is 0.105. The van der Waals surface area contributed by atoms with Gasteiger partial charge in [0.05, 0.1) is 30.5 Å². The highest BCUT2D eigenvalue weighted by Gasteiger charge is 2.24. The Morgan fingerprint density at radius 2 is 1.82 bits per heavy atom. The maximum absolute atomic E-state index is 13.3. The van der Waals surface area contributed by atoms with Crippen LogP contribution >= 0.6 is 0 Å². The summed E-state index contributed by atoms with van der Waals surface area (Å²) < 4.78 is 8.70. The predicted octanol–water partition coefficient (Wildman–Crippen LogP) is 2.15. The fourth-order valence-electron chi connectivity index (χ4n) is 4.44. The van der Waals surface area contributed by atoms with Crippen molar-refractivity contribution in [2.24, 2.45) is 0 Å². The predicted molar refractivity (Wildman–Crippen MR) is 127 cm³/mol. The summed E-state index contributed by atoms with van der Waals surface area (Å²) in [4.78, 5) is 24.7. The first kappa shape index (κ1) is 21.3. The van der Waals surface area contributed by atoms with Gasteiger partial charge in [0, 0.05) is 30.0 Å². The van der Waals surface area contributed by atoms with Crippen LogP contribution in [-0.4, -0.2) is 61.9 Å². The van der Waals surface area contributed by atoms with Gasteiger partial charge in [-0.15, -0.1) is 5.10 Å². The van der Waals surface area contributed by atoms with Crippen molar-refractivity contribution < 1.29 is 4.74 Å². The number of aryl methyl sites for hydroxylation is 2. The first-order valence-electron chi connectivity index (χ1n) is 11.0. The third-order valence-corrected chi connectivity index (χ3v) is 5.89. The van der Waals surface area contributed by atoms with Gasteiger partial charge in [-0.25, -0.2) is 18.9 Å². The van der Waals surface area contributed by atoms with Gasteiger partial charge in [-0.3, -0.25) is 4.98 Å². The first-order valence-corrected chi connectivity index (χ1v) is 11.0. The first-order chi connectivity index (χ1) is 15.9. The van der Waals surface area contributed by atoms with E-state index < -0.39 is 0 Å².